The molecule has 1 aromatic carbocycles. The van der Waals surface area contributed by atoms with Crippen molar-refractivity contribution in [2.75, 3.05) is 25.6 Å². The molecule has 0 heterocycles. The van der Waals surface area contributed by atoms with Gasteiger partial charge in [0.2, 0.25) is 0 Å². The first-order valence-electron chi connectivity index (χ1n) is 4.75. The summed E-state index contributed by atoms with van der Waals surface area (Å²) in [6.07, 6.45) is 0. The SMILES string of the molecule is COCCN=C(C)Nc1ccccc1Br. The van der Waals surface area contributed by atoms with E-state index in [2.05, 4.69) is 26.2 Å². The van der Waals surface area contributed by atoms with Crippen LogP contribution in [0, 0.1) is 0 Å². The van der Waals surface area contributed by atoms with Crippen molar-refractivity contribution in [3.63, 3.8) is 0 Å². The lowest BCUT2D eigenvalue weighted by molar-refractivity contribution is 0.208. The zero-order chi connectivity index (χ0) is 11.1. The topological polar surface area (TPSA) is 33.6 Å². The minimum Gasteiger partial charge on any atom is -0.383 e. The van der Waals surface area contributed by atoms with Crippen LogP contribution >= 0.6 is 15.9 Å². The second-order valence-corrected chi connectivity index (χ2v) is 3.92. The van der Waals surface area contributed by atoms with E-state index in [1.165, 1.54) is 0 Å². The van der Waals surface area contributed by atoms with Gasteiger partial charge in [0.25, 0.3) is 0 Å². The minimum absolute atomic E-state index is 0.648. The van der Waals surface area contributed by atoms with Gasteiger partial charge in [-0.2, -0.15) is 0 Å². The molecule has 4 heteroatoms. The third-order valence-electron chi connectivity index (χ3n) is 1.83. The maximum Gasteiger partial charge on any atom is 0.0976 e. The number of nitrogens with one attached hydrogen (secondary N) is 1. The smallest absolute Gasteiger partial charge is 0.0976 e. The monoisotopic (exact) mass is 270 g/mol. The van der Waals surface area contributed by atoms with Crippen LogP contribution in [0.2, 0.25) is 0 Å². The predicted octanol–water partition coefficient (Wildman–Crippen LogP) is 2.93. The third kappa shape index (κ3) is 4.44. The molecule has 0 spiro atoms. The molecule has 0 unspecified atom stereocenters. The summed E-state index contributed by atoms with van der Waals surface area (Å²) in [7, 11) is 1.67. The third-order valence-corrected chi connectivity index (χ3v) is 2.53. The lowest BCUT2D eigenvalue weighted by Gasteiger charge is -2.07. The summed E-state index contributed by atoms with van der Waals surface area (Å²) in [6, 6.07) is 7.95. The van der Waals surface area contributed by atoms with E-state index in [0.717, 1.165) is 16.0 Å². The summed E-state index contributed by atoms with van der Waals surface area (Å²) in [5, 5.41) is 3.22. The first-order valence-corrected chi connectivity index (χ1v) is 5.55. The lowest BCUT2D eigenvalue weighted by atomic mass is 10.3. The number of anilines is 1. The van der Waals surface area contributed by atoms with Crippen LogP contribution in [0.25, 0.3) is 0 Å². The Morgan fingerprint density at radius 1 is 1.47 bits per heavy atom. The van der Waals surface area contributed by atoms with Crippen molar-refractivity contribution in [3.8, 4) is 0 Å². The number of para-hydroxylation sites is 1. The fraction of sp³-hybridized carbons (Fsp3) is 0.364. The van der Waals surface area contributed by atoms with Gasteiger partial charge in [-0.15, -0.1) is 0 Å². The van der Waals surface area contributed by atoms with E-state index in [-0.39, 0.29) is 0 Å². The van der Waals surface area contributed by atoms with Gasteiger partial charge in [0.1, 0.15) is 0 Å². The number of benzene rings is 1. The Hall–Kier alpha value is -0.870. The van der Waals surface area contributed by atoms with Crippen LogP contribution in [0.1, 0.15) is 6.92 Å². The van der Waals surface area contributed by atoms with Gasteiger partial charge in [-0.3, -0.25) is 4.99 Å². The van der Waals surface area contributed by atoms with E-state index < -0.39 is 0 Å². The summed E-state index contributed by atoms with van der Waals surface area (Å²) in [4.78, 5) is 4.31. The largest absolute Gasteiger partial charge is 0.383 e. The van der Waals surface area contributed by atoms with E-state index in [9.17, 15) is 0 Å². The highest BCUT2D eigenvalue weighted by Gasteiger charge is 1.97. The average Bonchev–Trinajstić information content (AvgIpc) is 2.22. The number of halogens is 1. The van der Waals surface area contributed by atoms with E-state index in [4.69, 9.17) is 4.74 Å². The fourth-order valence-corrected chi connectivity index (χ4v) is 1.49. The molecule has 0 radical (unpaired) electrons. The van der Waals surface area contributed by atoms with Crippen LogP contribution in [-0.4, -0.2) is 26.1 Å². The zero-order valence-corrected chi connectivity index (χ0v) is 10.5. The van der Waals surface area contributed by atoms with Crippen LogP contribution in [0.15, 0.2) is 33.7 Å². The number of nitrogens with zero attached hydrogens (tertiary/aromatic N) is 1. The van der Waals surface area contributed by atoms with Gasteiger partial charge in [-0.05, 0) is 35.0 Å². The van der Waals surface area contributed by atoms with Gasteiger partial charge in [0.15, 0.2) is 0 Å². The van der Waals surface area contributed by atoms with Crippen LogP contribution in [-0.2, 0) is 4.74 Å². The molecule has 3 nitrogen and oxygen atoms in total. The molecule has 0 aliphatic rings. The molecular formula is C11H15BrN2O. The number of methoxy groups -OCH3 is 1. The molecule has 0 aliphatic carbocycles. The van der Waals surface area contributed by atoms with Crippen LogP contribution in [0.3, 0.4) is 0 Å². The van der Waals surface area contributed by atoms with E-state index in [0.29, 0.717) is 13.2 Å². The standard InChI is InChI=1S/C11H15BrN2O/c1-9(13-7-8-15-2)14-11-6-4-3-5-10(11)12/h3-6H,7-8H2,1-2H3,(H,13,14). The van der Waals surface area contributed by atoms with Gasteiger partial charge >= 0.3 is 0 Å². The summed E-state index contributed by atoms with van der Waals surface area (Å²) in [5.41, 5.74) is 1.02. The molecule has 0 saturated heterocycles. The Morgan fingerprint density at radius 2 is 2.20 bits per heavy atom. The molecule has 15 heavy (non-hydrogen) atoms. The Labute approximate surface area is 98.7 Å². The molecule has 1 N–H and O–H groups in total. The van der Waals surface area contributed by atoms with Crippen LogP contribution in [0.5, 0.6) is 0 Å². The zero-order valence-electron chi connectivity index (χ0n) is 8.96. The van der Waals surface area contributed by atoms with Gasteiger partial charge in [0, 0.05) is 11.6 Å². The molecule has 0 saturated carbocycles. The Bertz CT molecular complexity index is 339. The molecule has 0 aliphatic heterocycles. The minimum atomic E-state index is 0.648. The number of ether oxygens (including phenoxy) is 1. The Balaban J connectivity index is 2.54. The highest BCUT2D eigenvalue weighted by molar-refractivity contribution is 9.10. The number of amidine groups is 1. The molecule has 0 aromatic heterocycles. The lowest BCUT2D eigenvalue weighted by Crippen LogP contribution is -2.09. The van der Waals surface area contributed by atoms with Crippen molar-refractivity contribution in [1.29, 1.82) is 0 Å². The highest BCUT2D eigenvalue weighted by atomic mass is 79.9. The molecule has 0 fully saturated rings. The summed E-state index contributed by atoms with van der Waals surface area (Å²) in [6.45, 7) is 3.27. The van der Waals surface area contributed by atoms with Gasteiger partial charge in [-0.25, -0.2) is 0 Å². The predicted molar refractivity (Wildman–Crippen MR) is 67.6 cm³/mol. The number of aliphatic imine (C=N–C) groups is 1. The second-order valence-electron chi connectivity index (χ2n) is 3.06. The summed E-state index contributed by atoms with van der Waals surface area (Å²) in [5.74, 6) is 0.888. The number of rotatable bonds is 4. The maximum absolute atomic E-state index is 4.92. The highest BCUT2D eigenvalue weighted by Crippen LogP contribution is 2.20. The van der Waals surface area contributed by atoms with Crippen molar-refractivity contribution >= 4 is 27.5 Å². The normalized spacial score (nSPS) is 11.5. The average molecular weight is 271 g/mol. The van der Waals surface area contributed by atoms with E-state index >= 15 is 0 Å². The molecule has 0 amide bonds. The number of hydrogen-bond acceptors (Lipinski definition) is 2. The van der Waals surface area contributed by atoms with E-state index in [1.54, 1.807) is 7.11 Å². The molecule has 0 bridgehead atoms. The Morgan fingerprint density at radius 3 is 2.87 bits per heavy atom. The maximum atomic E-state index is 4.92. The molecule has 1 aromatic rings. The van der Waals surface area contributed by atoms with Gasteiger partial charge in [-0.1, -0.05) is 12.1 Å². The van der Waals surface area contributed by atoms with Crippen molar-refractivity contribution in [2.45, 2.75) is 6.92 Å². The number of hydrogen-bond donors (Lipinski definition) is 1. The van der Waals surface area contributed by atoms with Gasteiger partial charge < -0.3 is 10.1 Å². The Kier molecular flexibility index (Phi) is 5.36. The molecule has 82 valence electrons. The second kappa shape index (κ2) is 6.58. The molecule has 1 rings (SSSR count). The first-order chi connectivity index (χ1) is 7.24. The van der Waals surface area contributed by atoms with Crippen molar-refractivity contribution in [3.05, 3.63) is 28.7 Å². The quantitative estimate of drug-likeness (QED) is 0.519. The van der Waals surface area contributed by atoms with Crippen LogP contribution in [0.4, 0.5) is 5.69 Å². The van der Waals surface area contributed by atoms with Crippen LogP contribution < -0.4 is 5.32 Å². The fourth-order valence-electron chi connectivity index (χ4n) is 1.10. The summed E-state index contributed by atoms with van der Waals surface area (Å²) >= 11 is 3.46. The van der Waals surface area contributed by atoms with Crippen molar-refractivity contribution in [2.24, 2.45) is 4.99 Å². The van der Waals surface area contributed by atoms with Crippen molar-refractivity contribution < 1.29 is 4.74 Å². The van der Waals surface area contributed by atoms with E-state index in [1.807, 2.05) is 31.2 Å². The first kappa shape index (κ1) is 12.2. The molecular weight excluding hydrogens is 256 g/mol. The van der Waals surface area contributed by atoms with Crippen molar-refractivity contribution in [1.82, 2.24) is 0 Å². The molecule has 0 atom stereocenters. The van der Waals surface area contributed by atoms with Gasteiger partial charge in [0.05, 0.1) is 24.7 Å². The summed E-state index contributed by atoms with van der Waals surface area (Å²) < 4.78 is 5.96.